The maximum absolute atomic E-state index is 11.0. The van der Waals surface area contributed by atoms with Gasteiger partial charge in [-0.1, -0.05) is 0 Å². The van der Waals surface area contributed by atoms with E-state index in [4.69, 9.17) is 5.11 Å². The maximum Gasteiger partial charge on any atom is 0.308 e. The largest absolute Gasteiger partial charge is 0.481 e. The van der Waals surface area contributed by atoms with Crippen LogP contribution in [0.4, 0.5) is 0 Å². The zero-order valence-corrected chi connectivity index (χ0v) is 8.60. The van der Waals surface area contributed by atoms with E-state index in [1.165, 1.54) is 0 Å². The molecular weight excluding hydrogens is 192 g/mol. The molecule has 2 atom stereocenters. The zero-order chi connectivity index (χ0) is 10.8. The summed E-state index contributed by atoms with van der Waals surface area (Å²) in [5, 5.41) is 12.2. The molecule has 0 saturated carbocycles. The third-order valence-electron chi connectivity index (χ3n) is 2.88. The number of carboxylic acids is 1. The highest BCUT2D eigenvalue weighted by Crippen LogP contribution is 2.28. The summed E-state index contributed by atoms with van der Waals surface area (Å²) in [6, 6.07) is 3.87. The van der Waals surface area contributed by atoms with Gasteiger partial charge in [-0.3, -0.25) is 9.78 Å². The molecule has 4 nitrogen and oxygen atoms in total. The highest BCUT2D eigenvalue weighted by molar-refractivity contribution is 5.72. The second-order valence-electron chi connectivity index (χ2n) is 3.94. The second kappa shape index (κ2) is 3.98. The van der Waals surface area contributed by atoms with Gasteiger partial charge in [0.1, 0.15) is 0 Å². The Morgan fingerprint density at radius 2 is 2.40 bits per heavy atom. The molecule has 0 amide bonds. The number of pyridine rings is 1. The molecule has 2 heterocycles. The van der Waals surface area contributed by atoms with Gasteiger partial charge in [0.15, 0.2) is 0 Å². The van der Waals surface area contributed by atoms with E-state index in [-0.39, 0.29) is 11.8 Å². The highest BCUT2D eigenvalue weighted by atomic mass is 16.4. The number of hydrogen-bond acceptors (Lipinski definition) is 3. The average molecular weight is 206 g/mol. The lowest BCUT2D eigenvalue weighted by Gasteiger charge is -2.14. The summed E-state index contributed by atoms with van der Waals surface area (Å²) < 4.78 is 0. The Kier molecular flexibility index (Phi) is 2.68. The summed E-state index contributed by atoms with van der Waals surface area (Å²) >= 11 is 0. The van der Waals surface area contributed by atoms with Gasteiger partial charge < -0.3 is 10.4 Å². The van der Waals surface area contributed by atoms with E-state index in [0.29, 0.717) is 6.54 Å². The van der Waals surface area contributed by atoms with Crippen LogP contribution in [0.5, 0.6) is 0 Å². The molecule has 1 aliphatic rings. The fourth-order valence-corrected chi connectivity index (χ4v) is 2.09. The van der Waals surface area contributed by atoms with Gasteiger partial charge in [-0.2, -0.15) is 0 Å². The molecule has 0 bridgehead atoms. The number of aliphatic carboxylic acids is 1. The quantitative estimate of drug-likeness (QED) is 0.750. The molecule has 1 fully saturated rings. The van der Waals surface area contributed by atoms with Gasteiger partial charge in [-0.15, -0.1) is 0 Å². The fraction of sp³-hybridized carbons (Fsp3) is 0.455. The lowest BCUT2D eigenvalue weighted by Crippen LogP contribution is -2.21. The van der Waals surface area contributed by atoms with Crippen LogP contribution in [-0.4, -0.2) is 29.1 Å². The van der Waals surface area contributed by atoms with Crippen molar-refractivity contribution in [3.8, 4) is 0 Å². The van der Waals surface area contributed by atoms with Crippen molar-refractivity contribution in [2.24, 2.45) is 5.92 Å². The normalized spacial score (nSPS) is 25.4. The average Bonchev–Trinajstić information content (AvgIpc) is 2.65. The van der Waals surface area contributed by atoms with E-state index in [1.807, 2.05) is 19.1 Å². The van der Waals surface area contributed by atoms with Crippen molar-refractivity contribution in [1.82, 2.24) is 10.3 Å². The minimum atomic E-state index is -0.723. The second-order valence-corrected chi connectivity index (χ2v) is 3.94. The van der Waals surface area contributed by atoms with Crippen LogP contribution in [0, 0.1) is 12.8 Å². The highest BCUT2D eigenvalue weighted by Gasteiger charge is 2.33. The number of carbonyl (C=O) groups is 1. The topological polar surface area (TPSA) is 62.2 Å². The number of hydrogen-bond donors (Lipinski definition) is 2. The van der Waals surface area contributed by atoms with Crippen LogP contribution in [0.2, 0.25) is 0 Å². The molecule has 0 aromatic carbocycles. The fourth-order valence-electron chi connectivity index (χ4n) is 2.09. The molecule has 1 aromatic rings. The van der Waals surface area contributed by atoms with Crippen molar-refractivity contribution in [3.05, 3.63) is 29.6 Å². The first-order valence-electron chi connectivity index (χ1n) is 5.04. The molecule has 2 unspecified atom stereocenters. The van der Waals surface area contributed by atoms with Gasteiger partial charge in [0, 0.05) is 30.9 Å². The predicted octanol–water partition coefficient (Wildman–Crippen LogP) is 0.778. The van der Waals surface area contributed by atoms with E-state index in [9.17, 15) is 4.79 Å². The van der Waals surface area contributed by atoms with Gasteiger partial charge in [-0.25, -0.2) is 0 Å². The van der Waals surface area contributed by atoms with Crippen molar-refractivity contribution < 1.29 is 9.90 Å². The van der Waals surface area contributed by atoms with Crippen LogP contribution in [0.3, 0.4) is 0 Å². The van der Waals surface area contributed by atoms with Crippen LogP contribution >= 0.6 is 0 Å². The Morgan fingerprint density at radius 1 is 1.60 bits per heavy atom. The van der Waals surface area contributed by atoms with Crippen LogP contribution in [0.25, 0.3) is 0 Å². The number of rotatable bonds is 2. The Morgan fingerprint density at radius 3 is 3.07 bits per heavy atom. The summed E-state index contributed by atoms with van der Waals surface area (Å²) in [4.78, 5) is 15.1. The van der Waals surface area contributed by atoms with Crippen LogP contribution in [0.1, 0.15) is 17.2 Å². The van der Waals surface area contributed by atoms with E-state index < -0.39 is 5.97 Å². The minimum absolute atomic E-state index is 0.0733. The Labute approximate surface area is 88.3 Å². The molecule has 0 spiro atoms. The Balaban J connectivity index is 2.26. The molecule has 80 valence electrons. The van der Waals surface area contributed by atoms with Crippen molar-refractivity contribution in [3.63, 3.8) is 0 Å². The molecule has 2 N–H and O–H groups in total. The summed E-state index contributed by atoms with van der Waals surface area (Å²) in [5.41, 5.74) is 2.00. The van der Waals surface area contributed by atoms with Gasteiger partial charge >= 0.3 is 5.97 Å². The first-order chi connectivity index (χ1) is 7.18. The van der Waals surface area contributed by atoms with Gasteiger partial charge in [0.05, 0.1) is 5.92 Å². The standard InChI is InChI=1S/C11H14N2O2/c1-7-4-8(2-3-13-7)9-5-12-6-10(9)11(14)15/h2-4,9-10,12H,5-6H2,1H3,(H,14,15). The molecule has 0 aliphatic carbocycles. The zero-order valence-electron chi connectivity index (χ0n) is 8.60. The van der Waals surface area contributed by atoms with E-state index >= 15 is 0 Å². The number of aromatic nitrogens is 1. The number of carboxylic acid groups (broad SMARTS) is 1. The van der Waals surface area contributed by atoms with Crippen molar-refractivity contribution in [1.29, 1.82) is 0 Å². The molecule has 0 radical (unpaired) electrons. The van der Waals surface area contributed by atoms with Gasteiger partial charge in [0.2, 0.25) is 0 Å². The van der Waals surface area contributed by atoms with Gasteiger partial charge in [-0.05, 0) is 24.6 Å². The molecule has 2 rings (SSSR count). The summed E-state index contributed by atoms with van der Waals surface area (Å²) in [7, 11) is 0. The lowest BCUT2D eigenvalue weighted by molar-refractivity contribution is -0.141. The summed E-state index contributed by atoms with van der Waals surface area (Å²) in [6.45, 7) is 3.21. The van der Waals surface area contributed by atoms with Crippen LogP contribution in [-0.2, 0) is 4.79 Å². The first kappa shape index (κ1) is 10.1. The minimum Gasteiger partial charge on any atom is -0.481 e. The first-order valence-corrected chi connectivity index (χ1v) is 5.04. The van der Waals surface area contributed by atoms with E-state index in [2.05, 4.69) is 10.3 Å². The predicted molar refractivity (Wildman–Crippen MR) is 55.7 cm³/mol. The van der Waals surface area contributed by atoms with Crippen molar-refractivity contribution in [2.45, 2.75) is 12.8 Å². The van der Waals surface area contributed by atoms with Crippen molar-refractivity contribution >= 4 is 5.97 Å². The molecule has 15 heavy (non-hydrogen) atoms. The summed E-state index contributed by atoms with van der Waals surface area (Å²) in [6.07, 6.45) is 1.74. The summed E-state index contributed by atoms with van der Waals surface area (Å²) in [5.74, 6) is -0.963. The molecule has 1 aromatic heterocycles. The smallest absolute Gasteiger partial charge is 0.308 e. The van der Waals surface area contributed by atoms with E-state index in [0.717, 1.165) is 17.8 Å². The van der Waals surface area contributed by atoms with Crippen LogP contribution < -0.4 is 5.32 Å². The Bertz CT molecular complexity index is 379. The lowest BCUT2D eigenvalue weighted by atomic mass is 9.89. The molecule has 1 aliphatic heterocycles. The SMILES string of the molecule is Cc1cc(C2CNCC2C(=O)O)ccn1. The number of aryl methyl sites for hydroxylation is 1. The number of nitrogens with zero attached hydrogens (tertiary/aromatic N) is 1. The third-order valence-corrected chi connectivity index (χ3v) is 2.88. The van der Waals surface area contributed by atoms with Crippen LogP contribution in [0.15, 0.2) is 18.3 Å². The monoisotopic (exact) mass is 206 g/mol. The maximum atomic E-state index is 11.0. The Hall–Kier alpha value is -1.42. The molecule has 1 saturated heterocycles. The third kappa shape index (κ3) is 1.99. The number of nitrogens with one attached hydrogen (secondary N) is 1. The molecule has 4 heteroatoms. The van der Waals surface area contributed by atoms with Crippen molar-refractivity contribution in [2.75, 3.05) is 13.1 Å². The van der Waals surface area contributed by atoms with Gasteiger partial charge in [0.25, 0.3) is 0 Å². The molecular formula is C11H14N2O2. The van der Waals surface area contributed by atoms with E-state index in [1.54, 1.807) is 6.20 Å².